The lowest BCUT2D eigenvalue weighted by Crippen LogP contribution is -2.32. The quantitative estimate of drug-likeness (QED) is 0.499. The normalized spacial score (nSPS) is 12.1. The van der Waals surface area contributed by atoms with Gasteiger partial charge in [0.1, 0.15) is 5.76 Å². The van der Waals surface area contributed by atoms with Crippen molar-refractivity contribution in [3.63, 3.8) is 0 Å². The van der Waals surface area contributed by atoms with Crippen LogP contribution in [0.5, 0.6) is 0 Å². The summed E-state index contributed by atoms with van der Waals surface area (Å²) >= 11 is 2.82. The SMILES string of the molecule is COCCCNC(=O)C(C)Sc1nnc(NCc2ccco2)s1. The molecule has 2 aromatic heterocycles. The number of nitrogens with zero attached hydrogens (tertiary/aromatic N) is 2. The van der Waals surface area contributed by atoms with Crippen molar-refractivity contribution in [1.29, 1.82) is 0 Å². The topological polar surface area (TPSA) is 89.3 Å². The molecule has 126 valence electrons. The largest absolute Gasteiger partial charge is 0.467 e. The number of nitrogens with one attached hydrogen (secondary N) is 2. The number of carbonyl (C=O) groups excluding carboxylic acids is 1. The number of rotatable bonds is 10. The van der Waals surface area contributed by atoms with Gasteiger partial charge in [-0.25, -0.2) is 0 Å². The molecule has 2 aromatic rings. The lowest BCUT2D eigenvalue weighted by Gasteiger charge is -2.09. The number of ether oxygens (including phenoxy) is 1. The van der Waals surface area contributed by atoms with Crippen molar-refractivity contribution in [2.24, 2.45) is 0 Å². The summed E-state index contributed by atoms with van der Waals surface area (Å²) in [6, 6.07) is 3.73. The van der Waals surface area contributed by atoms with Crippen molar-refractivity contribution in [1.82, 2.24) is 15.5 Å². The van der Waals surface area contributed by atoms with E-state index in [1.807, 2.05) is 19.1 Å². The standard InChI is InChI=1S/C14H20N4O3S2/c1-10(12(19)15-6-4-7-20-2)22-14-18-17-13(23-14)16-9-11-5-3-8-21-11/h3,5,8,10H,4,6-7,9H2,1-2H3,(H,15,19)(H,16,17). The predicted molar refractivity (Wildman–Crippen MR) is 90.8 cm³/mol. The molecule has 1 atom stereocenters. The van der Waals surface area contributed by atoms with Gasteiger partial charge in [0.2, 0.25) is 11.0 Å². The maximum absolute atomic E-state index is 12.0. The molecule has 0 aliphatic rings. The van der Waals surface area contributed by atoms with Gasteiger partial charge < -0.3 is 19.8 Å². The molecule has 0 saturated carbocycles. The van der Waals surface area contributed by atoms with Crippen LogP contribution < -0.4 is 10.6 Å². The average Bonchev–Trinajstić information content (AvgIpc) is 3.20. The van der Waals surface area contributed by atoms with E-state index in [1.165, 1.54) is 23.1 Å². The number of amides is 1. The molecule has 2 N–H and O–H groups in total. The zero-order valence-corrected chi connectivity index (χ0v) is 14.7. The Hall–Kier alpha value is -1.58. The van der Waals surface area contributed by atoms with Gasteiger partial charge in [-0.05, 0) is 25.5 Å². The minimum atomic E-state index is -0.219. The fourth-order valence-electron chi connectivity index (χ4n) is 1.68. The van der Waals surface area contributed by atoms with E-state index in [9.17, 15) is 4.79 Å². The highest BCUT2D eigenvalue weighted by Gasteiger charge is 2.16. The lowest BCUT2D eigenvalue weighted by atomic mass is 10.4. The first kappa shape index (κ1) is 17.8. The Bertz CT molecular complexity index is 589. The summed E-state index contributed by atoms with van der Waals surface area (Å²) in [7, 11) is 1.65. The molecular formula is C14H20N4O3S2. The summed E-state index contributed by atoms with van der Waals surface area (Å²) in [5.74, 6) is 0.824. The zero-order chi connectivity index (χ0) is 16.5. The number of furan rings is 1. The Morgan fingerprint density at radius 3 is 3.13 bits per heavy atom. The monoisotopic (exact) mass is 356 g/mol. The second kappa shape index (κ2) is 9.53. The number of hydrogen-bond acceptors (Lipinski definition) is 8. The van der Waals surface area contributed by atoms with E-state index in [2.05, 4.69) is 20.8 Å². The van der Waals surface area contributed by atoms with Crippen LogP contribution in [0, 0.1) is 0 Å². The van der Waals surface area contributed by atoms with Gasteiger partial charge in [0.25, 0.3) is 0 Å². The molecule has 1 amide bonds. The number of methoxy groups -OCH3 is 1. The molecule has 2 heterocycles. The number of hydrogen-bond donors (Lipinski definition) is 2. The van der Waals surface area contributed by atoms with Crippen molar-refractivity contribution in [3.8, 4) is 0 Å². The highest BCUT2D eigenvalue weighted by Crippen LogP contribution is 2.29. The van der Waals surface area contributed by atoms with Gasteiger partial charge in [0.15, 0.2) is 4.34 Å². The van der Waals surface area contributed by atoms with E-state index in [0.29, 0.717) is 24.8 Å². The number of anilines is 1. The van der Waals surface area contributed by atoms with E-state index >= 15 is 0 Å². The van der Waals surface area contributed by atoms with Gasteiger partial charge in [-0.2, -0.15) is 0 Å². The summed E-state index contributed by atoms with van der Waals surface area (Å²) in [6.07, 6.45) is 2.44. The molecular weight excluding hydrogens is 336 g/mol. The minimum Gasteiger partial charge on any atom is -0.467 e. The molecule has 23 heavy (non-hydrogen) atoms. The third-order valence-corrected chi connectivity index (χ3v) is 4.94. The molecule has 0 aliphatic heterocycles. The molecule has 0 aliphatic carbocycles. The molecule has 0 bridgehead atoms. The van der Waals surface area contributed by atoms with Crippen LogP contribution in [0.4, 0.5) is 5.13 Å². The van der Waals surface area contributed by atoms with Gasteiger partial charge in [0.05, 0.1) is 18.1 Å². The van der Waals surface area contributed by atoms with Crippen molar-refractivity contribution < 1.29 is 13.9 Å². The Morgan fingerprint density at radius 1 is 1.52 bits per heavy atom. The molecule has 7 nitrogen and oxygen atoms in total. The minimum absolute atomic E-state index is 0.00796. The maximum Gasteiger partial charge on any atom is 0.233 e. The Balaban J connectivity index is 1.73. The van der Waals surface area contributed by atoms with Gasteiger partial charge in [-0.1, -0.05) is 23.1 Å². The maximum atomic E-state index is 12.0. The van der Waals surface area contributed by atoms with Crippen LogP contribution in [0.15, 0.2) is 27.2 Å². The summed E-state index contributed by atoms with van der Waals surface area (Å²) < 4.78 is 10.9. The van der Waals surface area contributed by atoms with Crippen LogP contribution >= 0.6 is 23.1 Å². The molecule has 1 unspecified atom stereocenters. The second-order valence-corrected chi connectivity index (χ2v) is 7.27. The van der Waals surface area contributed by atoms with E-state index in [-0.39, 0.29) is 11.2 Å². The van der Waals surface area contributed by atoms with Crippen LogP contribution in [-0.4, -0.2) is 41.6 Å². The summed E-state index contributed by atoms with van der Waals surface area (Å²) in [4.78, 5) is 12.0. The van der Waals surface area contributed by atoms with Gasteiger partial charge in [-0.15, -0.1) is 10.2 Å². The first-order valence-corrected chi connectivity index (χ1v) is 8.91. The first-order chi connectivity index (χ1) is 11.2. The third kappa shape index (κ3) is 6.20. The second-order valence-electron chi connectivity index (χ2n) is 4.70. The summed E-state index contributed by atoms with van der Waals surface area (Å²) in [5, 5.41) is 14.7. The van der Waals surface area contributed by atoms with Crippen molar-refractivity contribution in [2.45, 2.75) is 29.5 Å². The van der Waals surface area contributed by atoms with Gasteiger partial charge in [-0.3, -0.25) is 4.79 Å². The van der Waals surface area contributed by atoms with E-state index in [0.717, 1.165) is 16.5 Å². The van der Waals surface area contributed by atoms with E-state index < -0.39 is 0 Å². The smallest absolute Gasteiger partial charge is 0.233 e. The van der Waals surface area contributed by atoms with Crippen molar-refractivity contribution >= 4 is 34.1 Å². The predicted octanol–water partition coefficient (Wildman–Crippen LogP) is 2.38. The Kier molecular flexibility index (Phi) is 7.37. The van der Waals surface area contributed by atoms with Crippen molar-refractivity contribution in [3.05, 3.63) is 24.2 Å². The van der Waals surface area contributed by atoms with Crippen LogP contribution in [0.3, 0.4) is 0 Å². The molecule has 9 heteroatoms. The Labute approximate surface area is 143 Å². The summed E-state index contributed by atoms with van der Waals surface area (Å²) in [6.45, 7) is 3.67. The highest BCUT2D eigenvalue weighted by molar-refractivity contribution is 8.02. The van der Waals surface area contributed by atoms with E-state index in [4.69, 9.17) is 9.15 Å². The molecule has 2 rings (SSSR count). The van der Waals surface area contributed by atoms with Crippen LogP contribution in [0.25, 0.3) is 0 Å². The highest BCUT2D eigenvalue weighted by atomic mass is 32.2. The molecule has 0 saturated heterocycles. The molecule has 0 radical (unpaired) electrons. The average molecular weight is 356 g/mol. The Morgan fingerprint density at radius 2 is 2.39 bits per heavy atom. The number of carbonyl (C=O) groups is 1. The fraction of sp³-hybridized carbons (Fsp3) is 0.500. The number of aromatic nitrogens is 2. The molecule has 0 aromatic carbocycles. The summed E-state index contributed by atoms with van der Waals surface area (Å²) in [5.41, 5.74) is 0. The zero-order valence-electron chi connectivity index (χ0n) is 13.1. The number of thioether (sulfide) groups is 1. The van der Waals surface area contributed by atoms with Crippen molar-refractivity contribution in [2.75, 3.05) is 25.6 Å². The van der Waals surface area contributed by atoms with Gasteiger partial charge >= 0.3 is 0 Å². The van der Waals surface area contributed by atoms with Crippen LogP contribution in [0.2, 0.25) is 0 Å². The first-order valence-electron chi connectivity index (χ1n) is 7.22. The molecule has 0 fully saturated rings. The third-order valence-electron chi connectivity index (χ3n) is 2.87. The lowest BCUT2D eigenvalue weighted by molar-refractivity contribution is -0.120. The van der Waals surface area contributed by atoms with Gasteiger partial charge in [0, 0.05) is 20.3 Å². The van der Waals surface area contributed by atoms with Crippen LogP contribution in [-0.2, 0) is 16.1 Å². The van der Waals surface area contributed by atoms with E-state index in [1.54, 1.807) is 13.4 Å². The molecule has 0 spiro atoms. The fourth-order valence-corrected chi connectivity index (χ4v) is 3.60. The van der Waals surface area contributed by atoms with Crippen LogP contribution in [0.1, 0.15) is 19.1 Å².